The highest BCUT2D eigenvalue weighted by Gasteiger charge is 2.28. The van der Waals surface area contributed by atoms with E-state index in [1.165, 1.54) is 12.8 Å². The van der Waals surface area contributed by atoms with Crippen molar-refractivity contribution in [2.24, 2.45) is 5.92 Å². The number of para-hydroxylation sites is 1. The van der Waals surface area contributed by atoms with Crippen molar-refractivity contribution >= 4 is 0 Å². The molecule has 0 amide bonds. The largest absolute Gasteiger partial charge is 0.507 e. The molecule has 1 aromatic carbocycles. The van der Waals surface area contributed by atoms with Crippen molar-refractivity contribution in [1.29, 1.82) is 0 Å². The highest BCUT2D eigenvalue weighted by atomic mass is 16.5. The molecule has 4 heteroatoms. The van der Waals surface area contributed by atoms with Gasteiger partial charge in [-0.3, -0.25) is 0 Å². The lowest BCUT2D eigenvalue weighted by molar-refractivity contribution is 0.409. The van der Waals surface area contributed by atoms with E-state index in [0.29, 0.717) is 17.4 Å². The zero-order valence-corrected chi connectivity index (χ0v) is 12.0. The third-order valence-electron chi connectivity index (χ3n) is 4.39. The van der Waals surface area contributed by atoms with Gasteiger partial charge in [0.1, 0.15) is 5.75 Å². The van der Waals surface area contributed by atoms with Crippen molar-refractivity contribution in [1.82, 2.24) is 10.1 Å². The van der Waals surface area contributed by atoms with E-state index >= 15 is 0 Å². The number of hydrogen-bond donors (Lipinski definition) is 1. The van der Waals surface area contributed by atoms with Crippen LogP contribution in [0.15, 0.2) is 22.7 Å². The number of phenolic OH excluding ortho intramolecular Hbond substituents is 1. The Hall–Kier alpha value is -1.84. The molecule has 0 aliphatic heterocycles. The molecular weight excluding hydrogens is 252 g/mol. The van der Waals surface area contributed by atoms with Crippen LogP contribution in [0.25, 0.3) is 11.5 Å². The van der Waals surface area contributed by atoms with Crippen LogP contribution >= 0.6 is 0 Å². The Labute approximate surface area is 118 Å². The van der Waals surface area contributed by atoms with Crippen LogP contribution in [0.1, 0.15) is 49.9 Å². The van der Waals surface area contributed by atoms with Gasteiger partial charge in [-0.1, -0.05) is 30.6 Å². The van der Waals surface area contributed by atoms with Crippen molar-refractivity contribution < 1.29 is 9.63 Å². The van der Waals surface area contributed by atoms with Gasteiger partial charge < -0.3 is 9.63 Å². The van der Waals surface area contributed by atoms with Gasteiger partial charge in [0.25, 0.3) is 5.89 Å². The number of benzene rings is 1. The van der Waals surface area contributed by atoms with Gasteiger partial charge in [0.05, 0.1) is 5.56 Å². The standard InChI is InChI=1S/C16H20N2O2/c1-3-11-7-8-12(9-11)15-17-16(20-18-15)13-6-4-5-10(2)14(13)19/h4-6,11-12,19H,3,7-9H2,1-2H3. The van der Waals surface area contributed by atoms with Gasteiger partial charge in [-0.25, -0.2) is 0 Å². The Morgan fingerprint density at radius 2 is 2.20 bits per heavy atom. The fraction of sp³-hybridized carbons (Fsp3) is 0.500. The topological polar surface area (TPSA) is 59.2 Å². The highest BCUT2D eigenvalue weighted by molar-refractivity contribution is 5.64. The van der Waals surface area contributed by atoms with Gasteiger partial charge in [-0.15, -0.1) is 0 Å². The smallest absolute Gasteiger partial charge is 0.261 e. The summed E-state index contributed by atoms with van der Waals surface area (Å²) in [5, 5.41) is 14.2. The normalized spacial score (nSPS) is 22.3. The second kappa shape index (κ2) is 5.27. The maximum Gasteiger partial charge on any atom is 0.261 e. The van der Waals surface area contributed by atoms with E-state index in [2.05, 4.69) is 17.1 Å². The Morgan fingerprint density at radius 3 is 2.95 bits per heavy atom. The molecule has 0 saturated heterocycles. The van der Waals surface area contributed by atoms with E-state index in [4.69, 9.17) is 4.52 Å². The van der Waals surface area contributed by atoms with Crippen LogP contribution in [-0.2, 0) is 0 Å². The number of aromatic hydroxyl groups is 1. The maximum absolute atomic E-state index is 10.1. The summed E-state index contributed by atoms with van der Waals surface area (Å²) in [6.07, 6.45) is 4.76. The zero-order valence-electron chi connectivity index (χ0n) is 12.0. The first-order valence-electron chi connectivity index (χ1n) is 7.31. The molecule has 0 spiro atoms. The molecule has 1 saturated carbocycles. The van der Waals surface area contributed by atoms with Crippen molar-refractivity contribution in [3.05, 3.63) is 29.6 Å². The summed E-state index contributed by atoms with van der Waals surface area (Å²) >= 11 is 0. The lowest BCUT2D eigenvalue weighted by Crippen LogP contribution is -1.97. The lowest BCUT2D eigenvalue weighted by Gasteiger charge is -2.04. The molecule has 2 atom stereocenters. The Balaban J connectivity index is 1.85. The van der Waals surface area contributed by atoms with E-state index in [1.807, 2.05) is 25.1 Å². The minimum Gasteiger partial charge on any atom is -0.507 e. The van der Waals surface area contributed by atoms with E-state index in [0.717, 1.165) is 30.1 Å². The summed E-state index contributed by atoms with van der Waals surface area (Å²) in [6, 6.07) is 5.55. The molecular formula is C16H20N2O2. The molecule has 1 aromatic heterocycles. The quantitative estimate of drug-likeness (QED) is 0.915. The fourth-order valence-corrected chi connectivity index (χ4v) is 3.02. The van der Waals surface area contributed by atoms with Gasteiger partial charge in [-0.2, -0.15) is 4.98 Å². The minimum absolute atomic E-state index is 0.223. The SMILES string of the molecule is CCC1CCC(c2noc(-c3cccc(C)c3O)n2)C1. The summed E-state index contributed by atoms with van der Waals surface area (Å²) in [4.78, 5) is 4.50. The van der Waals surface area contributed by atoms with Gasteiger partial charge >= 0.3 is 0 Å². The molecule has 1 N–H and O–H groups in total. The molecule has 1 heterocycles. The van der Waals surface area contributed by atoms with E-state index in [9.17, 15) is 5.11 Å². The van der Waals surface area contributed by atoms with Crippen molar-refractivity contribution in [2.75, 3.05) is 0 Å². The Morgan fingerprint density at radius 1 is 1.35 bits per heavy atom. The van der Waals surface area contributed by atoms with Gasteiger partial charge in [0.15, 0.2) is 5.82 Å². The van der Waals surface area contributed by atoms with E-state index in [-0.39, 0.29) is 5.75 Å². The molecule has 106 valence electrons. The van der Waals surface area contributed by atoms with E-state index in [1.54, 1.807) is 0 Å². The van der Waals surface area contributed by atoms with Gasteiger partial charge in [0.2, 0.25) is 0 Å². The molecule has 0 bridgehead atoms. The summed E-state index contributed by atoms with van der Waals surface area (Å²) in [6.45, 7) is 4.10. The lowest BCUT2D eigenvalue weighted by atomic mass is 10.0. The first-order valence-corrected chi connectivity index (χ1v) is 7.31. The van der Waals surface area contributed by atoms with Gasteiger partial charge in [-0.05, 0) is 43.7 Å². The monoisotopic (exact) mass is 272 g/mol. The van der Waals surface area contributed by atoms with Gasteiger partial charge in [0, 0.05) is 5.92 Å². The average Bonchev–Trinajstić information content (AvgIpc) is 3.09. The van der Waals surface area contributed by atoms with Crippen LogP contribution < -0.4 is 0 Å². The first-order chi connectivity index (χ1) is 9.69. The highest BCUT2D eigenvalue weighted by Crippen LogP contribution is 2.39. The molecule has 4 nitrogen and oxygen atoms in total. The summed E-state index contributed by atoms with van der Waals surface area (Å²) in [5.41, 5.74) is 1.43. The van der Waals surface area contributed by atoms with Crippen LogP contribution in [-0.4, -0.2) is 15.2 Å². The van der Waals surface area contributed by atoms with Crippen LogP contribution in [0.2, 0.25) is 0 Å². The van der Waals surface area contributed by atoms with E-state index < -0.39 is 0 Å². The molecule has 1 aliphatic carbocycles. The van der Waals surface area contributed by atoms with Crippen molar-refractivity contribution in [3.8, 4) is 17.2 Å². The predicted molar refractivity (Wildman–Crippen MR) is 76.5 cm³/mol. The number of aryl methyl sites for hydroxylation is 1. The van der Waals surface area contributed by atoms with Crippen LogP contribution in [0.5, 0.6) is 5.75 Å². The Kier molecular flexibility index (Phi) is 3.47. The van der Waals surface area contributed by atoms with Crippen molar-refractivity contribution in [2.45, 2.75) is 45.4 Å². The second-order valence-corrected chi connectivity index (χ2v) is 5.71. The second-order valence-electron chi connectivity index (χ2n) is 5.71. The number of rotatable bonds is 3. The van der Waals surface area contributed by atoms with Crippen molar-refractivity contribution in [3.63, 3.8) is 0 Å². The number of aromatic nitrogens is 2. The van der Waals surface area contributed by atoms with Crippen LogP contribution in [0.3, 0.4) is 0 Å². The van der Waals surface area contributed by atoms with Crippen LogP contribution in [0.4, 0.5) is 0 Å². The molecule has 2 aromatic rings. The Bertz CT molecular complexity index is 606. The third-order valence-corrected chi connectivity index (χ3v) is 4.39. The number of phenols is 1. The summed E-state index contributed by atoms with van der Waals surface area (Å²) in [7, 11) is 0. The first kappa shape index (κ1) is 13.2. The van der Waals surface area contributed by atoms with Crippen LogP contribution in [0, 0.1) is 12.8 Å². The maximum atomic E-state index is 10.1. The fourth-order valence-electron chi connectivity index (χ4n) is 3.02. The number of hydrogen-bond acceptors (Lipinski definition) is 4. The molecule has 2 unspecified atom stereocenters. The molecule has 20 heavy (non-hydrogen) atoms. The summed E-state index contributed by atoms with van der Waals surface area (Å²) < 4.78 is 5.35. The molecule has 1 aliphatic rings. The zero-order chi connectivity index (χ0) is 14.1. The summed E-state index contributed by atoms with van der Waals surface area (Å²) in [5.74, 6) is 2.62. The molecule has 1 fully saturated rings. The third kappa shape index (κ3) is 2.30. The molecule has 0 radical (unpaired) electrons. The molecule has 3 rings (SSSR count). The average molecular weight is 272 g/mol. The predicted octanol–water partition coefficient (Wildman–Crippen LogP) is 4.04. The number of nitrogens with zero attached hydrogens (tertiary/aromatic N) is 2. The minimum atomic E-state index is 0.223.